The van der Waals surface area contributed by atoms with Crippen LogP contribution in [0.15, 0.2) is 36.4 Å². The number of benzene rings is 2. The van der Waals surface area contributed by atoms with Gasteiger partial charge in [0, 0.05) is 16.9 Å². The van der Waals surface area contributed by atoms with Gasteiger partial charge < -0.3 is 14.8 Å². The number of rotatable bonds is 5. The zero-order valence-corrected chi connectivity index (χ0v) is 14.7. The molecule has 1 amide bonds. The first kappa shape index (κ1) is 16.8. The number of fused-ring (bicyclic) bond motifs is 1. The molecule has 0 aliphatic heterocycles. The number of hydrogen-bond acceptors (Lipinski definition) is 4. The number of nitrogens with zero attached hydrogens (tertiary/aromatic N) is 1. The Hall–Kier alpha value is -3.02. The summed E-state index contributed by atoms with van der Waals surface area (Å²) in [5.41, 5.74) is 2.72. The SMILES string of the molecule is COc1ccc(OC)c(-c2ccc3c(NC(=O)C(C)C)n[nH]c3c2)c1. The van der Waals surface area contributed by atoms with E-state index >= 15 is 0 Å². The lowest BCUT2D eigenvalue weighted by molar-refractivity contribution is -0.118. The number of anilines is 1. The third kappa shape index (κ3) is 3.28. The molecule has 0 saturated heterocycles. The van der Waals surface area contributed by atoms with Gasteiger partial charge in [0.15, 0.2) is 5.82 Å². The topological polar surface area (TPSA) is 76.2 Å². The Kier molecular flexibility index (Phi) is 4.61. The van der Waals surface area contributed by atoms with E-state index in [9.17, 15) is 4.79 Å². The highest BCUT2D eigenvalue weighted by molar-refractivity contribution is 6.01. The van der Waals surface area contributed by atoms with Gasteiger partial charge in [0.05, 0.1) is 19.7 Å². The molecule has 25 heavy (non-hydrogen) atoms. The lowest BCUT2D eigenvalue weighted by atomic mass is 10.0. The summed E-state index contributed by atoms with van der Waals surface area (Å²) in [5.74, 6) is 1.88. The summed E-state index contributed by atoms with van der Waals surface area (Å²) >= 11 is 0. The van der Waals surface area contributed by atoms with Gasteiger partial charge in [-0.25, -0.2) is 0 Å². The van der Waals surface area contributed by atoms with E-state index in [-0.39, 0.29) is 11.8 Å². The fourth-order valence-electron chi connectivity index (χ4n) is 2.58. The molecule has 3 aromatic rings. The molecule has 3 rings (SSSR count). The van der Waals surface area contributed by atoms with Crippen LogP contribution in [0.25, 0.3) is 22.0 Å². The molecule has 0 atom stereocenters. The van der Waals surface area contributed by atoms with Crippen molar-refractivity contribution in [1.82, 2.24) is 10.2 Å². The van der Waals surface area contributed by atoms with Crippen LogP contribution in [0.4, 0.5) is 5.82 Å². The summed E-state index contributed by atoms with van der Waals surface area (Å²) in [6.45, 7) is 3.69. The second kappa shape index (κ2) is 6.84. The monoisotopic (exact) mass is 339 g/mol. The number of carbonyl (C=O) groups is 1. The van der Waals surface area contributed by atoms with E-state index in [2.05, 4.69) is 15.5 Å². The molecule has 0 saturated carbocycles. The summed E-state index contributed by atoms with van der Waals surface area (Å²) in [6, 6.07) is 11.5. The summed E-state index contributed by atoms with van der Waals surface area (Å²) in [6.07, 6.45) is 0. The number of amides is 1. The van der Waals surface area contributed by atoms with E-state index in [1.54, 1.807) is 14.2 Å². The minimum Gasteiger partial charge on any atom is -0.497 e. The van der Waals surface area contributed by atoms with Crippen LogP contribution in [0.5, 0.6) is 11.5 Å². The second-order valence-electron chi connectivity index (χ2n) is 6.04. The number of aromatic amines is 1. The smallest absolute Gasteiger partial charge is 0.228 e. The molecular formula is C19H21N3O3. The molecule has 0 spiro atoms. The molecule has 1 aromatic heterocycles. The van der Waals surface area contributed by atoms with Crippen molar-refractivity contribution in [2.45, 2.75) is 13.8 Å². The lowest BCUT2D eigenvalue weighted by Crippen LogP contribution is -2.18. The first-order chi connectivity index (χ1) is 12.0. The molecule has 0 unspecified atom stereocenters. The van der Waals surface area contributed by atoms with Gasteiger partial charge in [0.1, 0.15) is 11.5 Å². The normalized spacial score (nSPS) is 10.9. The first-order valence-corrected chi connectivity index (χ1v) is 8.05. The summed E-state index contributed by atoms with van der Waals surface area (Å²) in [4.78, 5) is 11.9. The van der Waals surface area contributed by atoms with E-state index in [0.29, 0.717) is 5.82 Å². The Labute approximate surface area is 146 Å². The minimum absolute atomic E-state index is 0.0630. The summed E-state index contributed by atoms with van der Waals surface area (Å²) < 4.78 is 10.8. The van der Waals surface area contributed by atoms with E-state index in [0.717, 1.165) is 33.5 Å². The Balaban J connectivity index is 2.02. The molecular weight excluding hydrogens is 318 g/mol. The van der Waals surface area contributed by atoms with E-state index in [1.165, 1.54) is 0 Å². The number of aromatic nitrogens is 2. The van der Waals surface area contributed by atoms with Crippen LogP contribution in [-0.2, 0) is 4.79 Å². The van der Waals surface area contributed by atoms with Crippen molar-refractivity contribution >= 4 is 22.6 Å². The predicted octanol–water partition coefficient (Wildman–Crippen LogP) is 3.84. The van der Waals surface area contributed by atoms with Gasteiger partial charge >= 0.3 is 0 Å². The number of nitrogens with one attached hydrogen (secondary N) is 2. The summed E-state index contributed by atoms with van der Waals surface area (Å²) in [5, 5.41) is 10.9. The van der Waals surface area contributed by atoms with E-state index in [1.807, 2.05) is 50.2 Å². The molecule has 1 heterocycles. The highest BCUT2D eigenvalue weighted by atomic mass is 16.5. The van der Waals surface area contributed by atoms with Crippen LogP contribution in [0.3, 0.4) is 0 Å². The van der Waals surface area contributed by atoms with E-state index < -0.39 is 0 Å². The average molecular weight is 339 g/mol. The van der Waals surface area contributed by atoms with Gasteiger partial charge in [-0.3, -0.25) is 9.89 Å². The van der Waals surface area contributed by atoms with Gasteiger partial charge in [-0.2, -0.15) is 5.10 Å². The van der Waals surface area contributed by atoms with Crippen molar-refractivity contribution in [1.29, 1.82) is 0 Å². The highest BCUT2D eigenvalue weighted by Crippen LogP contribution is 2.35. The average Bonchev–Trinajstić information content (AvgIpc) is 3.03. The maximum absolute atomic E-state index is 11.9. The van der Waals surface area contributed by atoms with Gasteiger partial charge in [-0.15, -0.1) is 0 Å². The molecule has 6 heteroatoms. The van der Waals surface area contributed by atoms with Crippen LogP contribution in [0.1, 0.15) is 13.8 Å². The fraction of sp³-hybridized carbons (Fsp3) is 0.263. The van der Waals surface area contributed by atoms with Crippen molar-refractivity contribution in [3.8, 4) is 22.6 Å². The lowest BCUT2D eigenvalue weighted by Gasteiger charge is -2.11. The van der Waals surface area contributed by atoms with Crippen molar-refractivity contribution in [3.05, 3.63) is 36.4 Å². The van der Waals surface area contributed by atoms with Crippen LogP contribution in [-0.4, -0.2) is 30.3 Å². The minimum atomic E-state index is -0.105. The molecule has 2 aromatic carbocycles. The standard InChI is InChI=1S/C19H21N3O3/c1-11(2)19(23)20-18-14-7-5-12(9-16(14)21-22-18)15-10-13(24-3)6-8-17(15)25-4/h5-11H,1-4H3,(H2,20,21,22,23). The second-order valence-corrected chi connectivity index (χ2v) is 6.04. The zero-order chi connectivity index (χ0) is 18.0. The van der Waals surface area contributed by atoms with Gasteiger partial charge in [0.25, 0.3) is 0 Å². The van der Waals surface area contributed by atoms with Gasteiger partial charge in [-0.1, -0.05) is 19.9 Å². The number of carbonyl (C=O) groups excluding carboxylic acids is 1. The Morgan fingerprint density at radius 2 is 1.92 bits per heavy atom. The van der Waals surface area contributed by atoms with Crippen LogP contribution < -0.4 is 14.8 Å². The quantitative estimate of drug-likeness (QED) is 0.740. The summed E-state index contributed by atoms with van der Waals surface area (Å²) in [7, 11) is 3.27. The molecule has 0 radical (unpaired) electrons. The Morgan fingerprint density at radius 3 is 2.60 bits per heavy atom. The molecule has 6 nitrogen and oxygen atoms in total. The number of ether oxygens (including phenoxy) is 2. The van der Waals surface area contributed by atoms with Crippen LogP contribution in [0.2, 0.25) is 0 Å². The number of H-pyrrole nitrogens is 1. The predicted molar refractivity (Wildman–Crippen MR) is 98.1 cm³/mol. The van der Waals surface area contributed by atoms with Crippen molar-refractivity contribution < 1.29 is 14.3 Å². The molecule has 0 aliphatic carbocycles. The molecule has 2 N–H and O–H groups in total. The van der Waals surface area contributed by atoms with Crippen LogP contribution in [0, 0.1) is 5.92 Å². The Bertz CT molecular complexity index is 915. The third-order valence-electron chi connectivity index (χ3n) is 4.05. The molecule has 0 fully saturated rings. The molecule has 0 aliphatic rings. The zero-order valence-electron chi connectivity index (χ0n) is 14.7. The van der Waals surface area contributed by atoms with Crippen molar-refractivity contribution in [2.75, 3.05) is 19.5 Å². The number of hydrogen-bond donors (Lipinski definition) is 2. The molecule has 0 bridgehead atoms. The van der Waals surface area contributed by atoms with Gasteiger partial charge in [-0.05, 0) is 35.9 Å². The molecule has 130 valence electrons. The third-order valence-corrected chi connectivity index (χ3v) is 4.05. The maximum atomic E-state index is 11.9. The highest BCUT2D eigenvalue weighted by Gasteiger charge is 2.14. The van der Waals surface area contributed by atoms with Gasteiger partial charge in [0.2, 0.25) is 5.91 Å². The Morgan fingerprint density at radius 1 is 1.12 bits per heavy atom. The fourth-order valence-corrected chi connectivity index (χ4v) is 2.58. The maximum Gasteiger partial charge on any atom is 0.228 e. The van der Waals surface area contributed by atoms with Crippen molar-refractivity contribution in [2.24, 2.45) is 5.92 Å². The van der Waals surface area contributed by atoms with Crippen molar-refractivity contribution in [3.63, 3.8) is 0 Å². The van der Waals surface area contributed by atoms with E-state index in [4.69, 9.17) is 9.47 Å². The number of methoxy groups -OCH3 is 2. The largest absolute Gasteiger partial charge is 0.497 e. The first-order valence-electron chi connectivity index (χ1n) is 8.05. The van der Waals surface area contributed by atoms with Crippen LogP contribution >= 0.6 is 0 Å².